The van der Waals surface area contributed by atoms with E-state index in [1.165, 1.54) is 6.42 Å². The Morgan fingerprint density at radius 3 is 3.05 bits per heavy atom. The van der Waals surface area contributed by atoms with Crippen LogP contribution in [0.15, 0.2) is 29.4 Å². The number of benzene rings is 1. The molecule has 1 saturated carbocycles. The summed E-state index contributed by atoms with van der Waals surface area (Å²) in [6, 6.07) is 7.07. The van der Waals surface area contributed by atoms with Crippen LogP contribution in [-0.2, 0) is 0 Å². The SMILES string of the molecule is COc1cccc(C(=O)N/N=C2\CCCC(C)C2)c1. The van der Waals surface area contributed by atoms with Crippen molar-refractivity contribution >= 4 is 11.6 Å². The van der Waals surface area contributed by atoms with E-state index in [4.69, 9.17) is 4.74 Å². The maximum atomic E-state index is 12.0. The molecule has 1 amide bonds. The van der Waals surface area contributed by atoms with Gasteiger partial charge in [0.1, 0.15) is 5.75 Å². The third kappa shape index (κ3) is 3.81. The number of hydrogen-bond acceptors (Lipinski definition) is 3. The van der Waals surface area contributed by atoms with Gasteiger partial charge in [0.2, 0.25) is 0 Å². The average molecular weight is 260 g/mol. The van der Waals surface area contributed by atoms with E-state index in [1.54, 1.807) is 25.3 Å². The summed E-state index contributed by atoms with van der Waals surface area (Å²) in [6.45, 7) is 2.22. The Balaban J connectivity index is 1.98. The summed E-state index contributed by atoms with van der Waals surface area (Å²) in [7, 11) is 1.58. The number of carbonyl (C=O) groups excluding carboxylic acids is 1. The number of methoxy groups -OCH3 is 1. The molecule has 1 atom stereocenters. The number of ether oxygens (including phenoxy) is 1. The summed E-state index contributed by atoms with van der Waals surface area (Å²) in [5.74, 6) is 1.15. The first-order chi connectivity index (χ1) is 9.19. The van der Waals surface area contributed by atoms with Gasteiger partial charge in [-0.2, -0.15) is 5.10 Å². The van der Waals surface area contributed by atoms with E-state index in [9.17, 15) is 4.79 Å². The summed E-state index contributed by atoms with van der Waals surface area (Å²) in [5, 5.41) is 4.24. The highest BCUT2D eigenvalue weighted by atomic mass is 16.5. The van der Waals surface area contributed by atoms with Gasteiger partial charge >= 0.3 is 0 Å². The fourth-order valence-corrected chi connectivity index (χ4v) is 2.32. The van der Waals surface area contributed by atoms with E-state index in [1.807, 2.05) is 6.07 Å². The summed E-state index contributed by atoms with van der Waals surface area (Å²) >= 11 is 0. The number of hydrogen-bond donors (Lipinski definition) is 1. The van der Waals surface area contributed by atoms with Gasteiger partial charge < -0.3 is 4.74 Å². The molecule has 1 aromatic carbocycles. The first kappa shape index (κ1) is 13.6. The second-order valence-corrected chi connectivity index (χ2v) is 5.05. The minimum atomic E-state index is -0.190. The zero-order valence-corrected chi connectivity index (χ0v) is 11.5. The van der Waals surface area contributed by atoms with Crippen molar-refractivity contribution in [1.29, 1.82) is 0 Å². The van der Waals surface area contributed by atoms with Crippen molar-refractivity contribution in [3.63, 3.8) is 0 Å². The molecular weight excluding hydrogens is 240 g/mol. The molecule has 19 heavy (non-hydrogen) atoms. The lowest BCUT2D eigenvalue weighted by atomic mass is 9.89. The molecule has 0 spiro atoms. The second-order valence-electron chi connectivity index (χ2n) is 5.05. The molecule has 1 aliphatic rings. The van der Waals surface area contributed by atoms with Crippen LogP contribution < -0.4 is 10.2 Å². The highest BCUT2D eigenvalue weighted by molar-refractivity contribution is 5.95. The molecule has 0 aliphatic heterocycles. The fraction of sp³-hybridized carbons (Fsp3) is 0.467. The molecular formula is C15H20N2O2. The maximum Gasteiger partial charge on any atom is 0.271 e. The van der Waals surface area contributed by atoms with Gasteiger partial charge in [-0.25, -0.2) is 5.43 Å². The fourth-order valence-electron chi connectivity index (χ4n) is 2.32. The number of nitrogens with zero attached hydrogens (tertiary/aromatic N) is 1. The molecule has 4 nitrogen and oxygen atoms in total. The standard InChI is InChI=1S/C15H20N2O2/c1-11-5-3-7-13(9-11)16-17-15(18)12-6-4-8-14(10-12)19-2/h4,6,8,10-11H,3,5,7,9H2,1-2H3,(H,17,18)/b16-13+. The van der Waals surface area contributed by atoms with Gasteiger partial charge in [0.05, 0.1) is 7.11 Å². The van der Waals surface area contributed by atoms with Crippen LogP contribution >= 0.6 is 0 Å². The van der Waals surface area contributed by atoms with Crippen molar-refractivity contribution in [1.82, 2.24) is 5.43 Å². The Bertz CT molecular complexity index is 483. The van der Waals surface area contributed by atoms with E-state index in [0.29, 0.717) is 17.2 Å². The first-order valence-corrected chi connectivity index (χ1v) is 6.69. The van der Waals surface area contributed by atoms with Crippen LogP contribution in [0, 0.1) is 5.92 Å². The maximum absolute atomic E-state index is 12.0. The van der Waals surface area contributed by atoms with Crippen LogP contribution in [0.3, 0.4) is 0 Å². The monoisotopic (exact) mass is 260 g/mol. The van der Waals surface area contributed by atoms with Gasteiger partial charge in [-0.3, -0.25) is 4.79 Å². The van der Waals surface area contributed by atoms with Crippen molar-refractivity contribution in [2.75, 3.05) is 7.11 Å². The van der Waals surface area contributed by atoms with Crippen LogP contribution in [-0.4, -0.2) is 18.7 Å². The lowest BCUT2D eigenvalue weighted by Gasteiger charge is -2.18. The third-order valence-corrected chi connectivity index (χ3v) is 3.39. The summed E-state index contributed by atoms with van der Waals surface area (Å²) in [4.78, 5) is 12.0. The predicted octanol–water partition coefficient (Wildman–Crippen LogP) is 2.99. The van der Waals surface area contributed by atoms with Crippen LogP contribution in [0.5, 0.6) is 5.75 Å². The van der Waals surface area contributed by atoms with E-state index in [2.05, 4.69) is 17.5 Å². The topological polar surface area (TPSA) is 50.7 Å². The molecule has 102 valence electrons. The van der Waals surface area contributed by atoms with E-state index in [-0.39, 0.29) is 5.91 Å². The minimum Gasteiger partial charge on any atom is -0.497 e. The molecule has 0 heterocycles. The largest absolute Gasteiger partial charge is 0.497 e. The second kappa shape index (κ2) is 6.36. The van der Waals surface area contributed by atoms with Crippen molar-refractivity contribution in [3.05, 3.63) is 29.8 Å². The Hall–Kier alpha value is -1.84. The molecule has 2 rings (SSSR count). The normalized spacial score (nSPS) is 21.2. The van der Waals surface area contributed by atoms with Crippen molar-refractivity contribution in [2.45, 2.75) is 32.6 Å². The van der Waals surface area contributed by atoms with Crippen molar-refractivity contribution in [2.24, 2.45) is 11.0 Å². The molecule has 1 unspecified atom stereocenters. The molecule has 1 N–H and O–H groups in total. The number of carbonyl (C=O) groups is 1. The summed E-state index contributed by atoms with van der Waals surface area (Å²) < 4.78 is 5.10. The highest BCUT2D eigenvalue weighted by Crippen LogP contribution is 2.21. The molecule has 4 heteroatoms. The van der Waals surface area contributed by atoms with E-state index in [0.717, 1.165) is 25.0 Å². The van der Waals surface area contributed by atoms with E-state index < -0.39 is 0 Å². The lowest BCUT2D eigenvalue weighted by Crippen LogP contribution is -2.22. The Labute approximate surface area is 113 Å². The molecule has 0 radical (unpaired) electrons. The number of nitrogens with one attached hydrogen (secondary N) is 1. The van der Waals surface area contributed by atoms with Gasteiger partial charge in [-0.1, -0.05) is 13.0 Å². The molecule has 0 bridgehead atoms. The lowest BCUT2D eigenvalue weighted by molar-refractivity contribution is 0.0954. The van der Waals surface area contributed by atoms with Crippen LogP contribution in [0.2, 0.25) is 0 Å². The van der Waals surface area contributed by atoms with Crippen molar-refractivity contribution < 1.29 is 9.53 Å². The van der Waals surface area contributed by atoms with Gasteiger partial charge in [-0.15, -0.1) is 0 Å². The Morgan fingerprint density at radius 1 is 1.47 bits per heavy atom. The van der Waals surface area contributed by atoms with Crippen LogP contribution in [0.25, 0.3) is 0 Å². The first-order valence-electron chi connectivity index (χ1n) is 6.69. The quantitative estimate of drug-likeness (QED) is 0.849. The number of hydrazone groups is 1. The van der Waals surface area contributed by atoms with Gasteiger partial charge in [0.25, 0.3) is 5.91 Å². The third-order valence-electron chi connectivity index (χ3n) is 3.39. The Kier molecular flexibility index (Phi) is 4.55. The number of amides is 1. The van der Waals surface area contributed by atoms with Crippen LogP contribution in [0.4, 0.5) is 0 Å². The van der Waals surface area contributed by atoms with Crippen LogP contribution in [0.1, 0.15) is 43.0 Å². The van der Waals surface area contributed by atoms with Gasteiger partial charge in [0, 0.05) is 11.3 Å². The van der Waals surface area contributed by atoms with E-state index >= 15 is 0 Å². The average Bonchev–Trinajstić information content (AvgIpc) is 2.45. The minimum absolute atomic E-state index is 0.190. The number of rotatable bonds is 3. The van der Waals surface area contributed by atoms with Crippen molar-refractivity contribution in [3.8, 4) is 5.75 Å². The smallest absolute Gasteiger partial charge is 0.271 e. The van der Waals surface area contributed by atoms with Gasteiger partial charge in [-0.05, 0) is 49.8 Å². The summed E-state index contributed by atoms with van der Waals surface area (Å²) in [6.07, 6.45) is 4.39. The zero-order chi connectivity index (χ0) is 13.7. The highest BCUT2D eigenvalue weighted by Gasteiger charge is 2.14. The molecule has 1 aliphatic carbocycles. The zero-order valence-electron chi connectivity index (χ0n) is 11.5. The molecule has 1 fully saturated rings. The molecule has 0 aromatic heterocycles. The Morgan fingerprint density at radius 2 is 2.32 bits per heavy atom. The predicted molar refractivity (Wildman–Crippen MR) is 75.5 cm³/mol. The molecule has 0 saturated heterocycles. The summed E-state index contributed by atoms with van der Waals surface area (Å²) in [5.41, 5.74) is 4.29. The van der Waals surface area contributed by atoms with Gasteiger partial charge in [0.15, 0.2) is 0 Å². The molecule has 1 aromatic rings.